The third kappa shape index (κ3) is 22.4. The van der Waals surface area contributed by atoms with E-state index in [1.807, 2.05) is 20.8 Å². The van der Waals surface area contributed by atoms with Gasteiger partial charge in [0.05, 0.1) is 0 Å². The number of ketones is 1. The van der Waals surface area contributed by atoms with E-state index in [-0.39, 0.29) is 18.1 Å². The van der Waals surface area contributed by atoms with Crippen LogP contribution in [0.5, 0.6) is 0 Å². The quantitative estimate of drug-likeness (QED) is 0.519. The van der Waals surface area contributed by atoms with E-state index in [2.05, 4.69) is 0 Å². The van der Waals surface area contributed by atoms with Crippen molar-refractivity contribution in [3.63, 3.8) is 0 Å². The fourth-order valence-electron chi connectivity index (χ4n) is 1.20. The molecule has 1 amide bonds. The molecule has 0 radical (unpaired) electrons. The highest BCUT2D eigenvalue weighted by Crippen LogP contribution is 2.03. The van der Waals surface area contributed by atoms with Gasteiger partial charge in [0, 0.05) is 25.7 Å². The smallest absolute Gasteiger partial charge is 0.301 e. The number of halogens is 1. The van der Waals surface area contributed by atoms with Crippen molar-refractivity contribution in [2.45, 2.75) is 65.7 Å². The minimum atomic E-state index is -1.20. The second-order valence-corrected chi connectivity index (χ2v) is 4.85. The summed E-state index contributed by atoms with van der Waals surface area (Å²) in [6.07, 6.45) is 3.85. The molecule has 0 aliphatic carbocycles. The van der Waals surface area contributed by atoms with Gasteiger partial charge in [-0.2, -0.15) is 4.39 Å². The van der Waals surface area contributed by atoms with Gasteiger partial charge in [0.2, 0.25) is 5.91 Å². The van der Waals surface area contributed by atoms with Crippen LogP contribution in [0.1, 0.15) is 65.7 Å². The molecule has 0 fully saturated rings. The normalized spacial score (nSPS) is 9.74. The van der Waals surface area contributed by atoms with Crippen LogP contribution in [0.2, 0.25) is 0 Å². The number of hydrogen-bond donors (Lipinski definition) is 1. The molecule has 0 aromatic carbocycles. The third-order valence-corrected chi connectivity index (χ3v) is 2.44. The zero-order chi connectivity index (χ0) is 15.3. The first-order valence-electron chi connectivity index (χ1n) is 6.77. The van der Waals surface area contributed by atoms with Crippen LogP contribution >= 0.6 is 0 Å². The first-order valence-corrected chi connectivity index (χ1v) is 6.77. The van der Waals surface area contributed by atoms with Crippen molar-refractivity contribution in [3.05, 3.63) is 0 Å². The first kappa shape index (κ1) is 20.1. The summed E-state index contributed by atoms with van der Waals surface area (Å²) in [5.74, 6) is 0.401. The molecule has 0 aromatic rings. The Morgan fingerprint density at radius 3 is 1.89 bits per heavy atom. The third-order valence-electron chi connectivity index (χ3n) is 2.44. The molecule has 0 saturated heterocycles. The standard InChI is InChI=1S/C8H15NO2.C6H11FO/c1-2-7(10)5-3-4-6-8(9)11;1-5(2)3-4-6(7)8/h2-6H2,1H3,(H2,9,11);5H,3-4H2,1-2H3. The first-order chi connectivity index (χ1) is 8.79. The predicted octanol–water partition coefficient (Wildman–Crippen LogP) is 2.93. The Kier molecular flexibility index (Phi) is 13.9. The number of primary amides is 1. The van der Waals surface area contributed by atoms with Gasteiger partial charge in [-0.15, -0.1) is 0 Å². The van der Waals surface area contributed by atoms with Gasteiger partial charge in [-0.25, -0.2) is 0 Å². The number of rotatable bonds is 9. The van der Waals surface area contributed by atoms with Crippen molar-refractivity contribution in [1.82, 2.24) is 0 Å². The van der Waals surface area contributed by atoms with Crippen LogP contribution in [0.4, 0.5) is 4.39 Å². The van der Waals surface area contributed by atoms with Gasteiger partial charge >= 0.3 is 6.04 Å². The van der Waals surface area contributed by atoms with Crippen molar-refractivity contribution < 1.29 is 18.8 Å². The Balaban J connectivity index is 0. The Hall–Kier alpha value is -1.26. The van der Waals surface area contributed by atoms with Gasteiger partial charge in [0.1, 0.15) is 5.78 Å². The van der Waals surface area contributed by atoms with Gasteiger partial charge in [-0.3, -0.25) is 14.4 Å². The van der Waals surface area contributed by atoms with Crippen LogP contribution in [-0.4, -0.2) is 17.7 Å². The van der Waals surface area contributed by atoms with Crippen molar-refractivity contribution in [2.75, 3.05) is 0 Å². The fourth-order valence-corrected chi connectivity index (χ4v) is 1.20. The maximum Gasteiger partial charge on any atom is 0.301 e. The fraction of sp³-hybridized carbons (Fsp3) is 0.786. The number of carbonyl (C=O) groups is 3. The van der Waals surface area contributed by atoms with E-state index in [1.54, 1.807) is 0 Å². The maximum atomic E-state index is 11.4. The topological polar surface area (TPSA) is 77.2 Å². The highest BCUT2D eigenvalue weighted by atomic mass is 19.1. The molecule has 112 valence electrons. The molecule has 0 aliphatic heterocycles. The van der Waals surface area contributed by atoms with Crippen molar-refractivity contribution in [2.24, 2.45) is 11.7 Å². The molecule has 0 heterocycles. The summed E-state index contributed by atoms with van der Waals surface area (Å²) < 4.78 is 11.4. The van der Waals surface area contributed by atoms with Crippen molar-refractivity contribution in [3.8, 4) is 0 Å². The molecule has 0 aromatic heterocycles. The second-order valence-electron chi connectivity index (χ2n) is 4.85. The van der Waals surface area contributed by atoms with E-state index >= 15 is 0 Å². The lowest BCUT2D eigenvalue weighted by Gasteiger charge is -1.96. The molecule has 0 rings (SSSR count). The average Bonchev–Trinajstić information content (AvgIpc) is 2.32. The number of carbonyl (C=O) groups excluding carboxylic acids is 3. The summed E-state index contributed by atoms with van der Waals surface area (Å²) in [6.45, 7) is 5.77. The highest BCUT2D eigenvalue weighted by Gasteiger charge is 1.99. The zero-order valence-corrected chi connectivity index (χ0v) is 12.2. The van der Waals surface area contributed by atoms with E-state index in [9.17, 15) is 18.8 Å². The van der Waals surface area contributed by atoms with Crippen LogP contribution < -0.4 is 5.73 Å². The van der Waals surface area contributed by atoms with Crippen molar-refractivity contribution in [1.29, 1.82) is 0 Å². The van der Waals surface area contributed by atoms with Gasteiger partial charge in [0.25, 0.3) is 0 Å². The molecular weight excluding hydrogens is 249 g/mol. The molecule has 0 atom stereocenters. The monoisotopic (exact) mass is 275 g/mol. The van der Waals surface area contributed by atoms with E-state index < -0.39 is 6.04 Å². The van der Waals surface area contributed by atoms with Gasteiger partial charge in [0.15, 0.2) is 0 Å². The molecule has 0 spiro atoms. The van der Waals surface area contributed by atoms with Crippen LogP contribution in [0.25, 0.3) is 0 Å². The lowest BCUT2D eigenvalue weighted by molar-refractivity contribution is -0.129. The summed E-state index contributed by atoms with van der Waals surface area (Å²) in [4.78, 5) is 30.7. The molecule has 2 N–H and O–H groups in total. The number of unbranched alkanes of at least 4 members (excludes halogenated alkanes) is 1. The number of nitrogens with two attached hydrogens (primary N) is 1. The minimum Gasteiger partial charge on any atom is -0.370 e. The zero-order valence-electron chi connectivity index (χ0n) is 12.2. The maximum absolute atomic E-state index is 11.4. The number of hydrogen-bond acceptors (Lipinski definition) is 3. The van der Waals surface area contributed by atoms with Gasteiger partial charge in [-0.05, 0) is 25.2 Å². The Morgan fingerprint density at radius 2 is 1.58 bits per heavy atom. The Bertz CT molecular complexity index is 278. The molecular formula is C14H26FNO3. The molecule has 0 bridgehead atoms. The van der Waals surface area contributed by atoms with E-state index in [1.165, 1.54) is 0 Å². The molecule has 0 saturated carbocycles. The Labute approximate surface area is 114 Å². The Morgan fingerprint density at radius 1 is 1.05 bits per heavy atom. The van der Waals surface area contributed by atoms with E-state index in [0.29, 0.717) is 31.6 Å². The summed E-state index contributed by atoms with van der Waals surface area (Å²) >= 11 is 0. The van der Waals surface area contributed by atoms with Gasteiger partial charge in [-0.1, -0.05) is 20.8 Å². The van der Waals surface area contributed by atoms with Crippen LogP contribution in [0, 0.1) is 5.92 Å². The average molecular weight is 275 g/mol. The van der Waals surface area contributed by atoms with E-state index in [0.717, 1.165) is 12.8 Å². The van der Waals surface area contributed by atoms with Crippen molar-refractivity contribution >= 4 is 17.7 Å². The van der Waals surface area contributed by atoms with Crippen LogP contribution in [0.15, 0.2) is 0 Å². The summed E-state index contributed by atoms with van der Waals surface area (Å²) in [6, 6.07) is -1.20. The molecule has 5 heteroatoms. The lowest BCUT2D eigenvalue weighted by atomic mass is 10.1. The summed E-state index contributed by atoms with van der Waals surface area (Å²) in [5, 5.41) is 0. The molecule has 0 unspecified atom stereocenters. The lowest BCUT2D eigenvalue weighted by Crippen LogP contribution is -2.09. The largest absolute Gasteiger partial charge is 0.370 e. The van der Waals surface area contributed by atoms with Crippen LogP contribution in [-0.2, 0) is 14.4 Å². The SMILES string of the molecule is CC(C)CCC(=O)F.CCC(=O)CCCCC(N)=O. The predicted molar refractivity (Wildman–Crippen MR) is 73.1 cm³/mol. The van der Waals surface area contributed by atoms with Crippen LogP contribution in [0.3, 0.4) is 0 Å². The molecule has 4 nitrogen and oxygen atoms in total. The molecule has 19 heavy (non-hydrogen) atoms. The summed E-state index contributed by atoms with van der Waals surface area (Å²) in [7, 11) is 0. The minimum absolute atomic E-state index is 0.0810. The highest BCUT2D eigenvalue weighted by molar-refractivity contribution is 5.78. The number of Topliss-reactive ketones (excluding diaryl/α,β-unsaturated/α-hetero) is 1. The van der Waals surface area contributed by atoms with E-state index in [4.69, 9.17) is 5.73 Å². The molecule has 0 aliphatic rings. The second kappa shape index (κ2) is 13.2. The number of amides is 1. The summed E-state index contributed by atoms with van der Waals surface area (Å²) in [5.41, 5.74) is 4.92. The van der Waals surface area contributed by atoms with Gasteiger partial charge < -0.3 is 5.73 Å².